The van der Waals surface area contributed by atoms with E-state index in [1.54, 1.807) is 36.3 Å². The molecule has 1 saturated heterocycles. The van der Waals surface area contributed by atoms with Crippen LogP contribution in [-0.2, 0) is 4.79 Å². The van der Waals surface area contributed by atoms with Crippen molar-refractivity contribution in [1.29, 1.82) is 0 Å². The van der Waals surface area contributed by atoms with E-state index in [-0.39, 0.29) is 12.5 Å². The van der Waals surface area contributed by atoms with Gasteiger partial charge in [-0.3, -0.25) is 9.69 Å². The van der Waals surface area contributed by atoms with Crippen LogP contribution in [0.15, 0.2) is 24.3 Å². The summed E-state index contributed by atoms with van der Waals surface area (Å²) in [6, 6.07) is 7.03. The molecule has 6 nitrogen and oxygen atoms in total. The number of ether oxygens (including phenoxy) is 1. The van der Waals surface area contributed by atoms with Gasteiger partial charge in [0.1, 0.15) is 5.75 Å². The lowest BCUT2D eigenvalue weighted by Gasteiger charge is -2.14. The molecule has 1 aliphatic rings. The summed E-state index contributed by atoms with van der Waals surface area (Å²) in [6.07, 6.45) is -1.54. The highest BCUT2D eigenvalue weighted by Crippen LogP contribution is 2.15. The number of hydrogen-bond acceptors (Lipinski definition) is 5. The number of nitrogens with one attached hydrogen (secondary N) is 1. The van der Waals surface area contributed by atoms with Crippen molar-refractivity contribution < 1.29 is 19.7 Å². The Morgan fingerprint density at radius 2 is 1.89 bits per heavy atom. The van der Waals surface area contributed by atoms with Gasteiger partial charge in [0.15, 0.2) is 0 Å². The van der Waals surface area contributed by atoms with Crippen LogP contribution >= 0.6 is 0 Å². The quantitative estimate of drug-likeness (QED) is 0.695. The smallest absolute Gasteiger partial charge is 0.238 e. The molecule has 1 amide bonds. The number of aliphatic hydroxyl groups is 2. The average Bonchev–Trinajstić information content (AvgIpc) is 2.69. The Kier molecular flexibility index (Phi) is 4.36. The van der Waals surface area contributed by atoms with E-state index in [9.17, 15) is 15.0 Å². The van der Waals surface area contributed by atoms with Gasteiger partial charge in [-0.1, -0.05) is 0 Å². The van der Waals surface area contributed by atoms with E-state index in [0.717, 1.165) is 5.75 Å². The van der Waals surface area contributed by atoms with E-state index < -0.39 is 12.2 Å². The molecule has 1 aromatic carbocycles. The molecule has 0 bridgehead atoms. The molecule has 2 unspecified atom stereocenters. The van der Waals surface area contributed by atoms with Gasteiger partial charge in [-0.15, -0.1) is 0 Å². The largest absolute Gasteiger partial charge is 0.497 e. The van der Waals surface area contributed by atoms with Crippen LogP contribution in [0.5, 0.6) is 5.75 Å². The van der Waals surface area contributed by atoms with E-state index in [1.165, 1.54) is 0 Å². The fraction of sp³-hybridized carbons (Fsp3) is 0.462. The highest BCUT2D eigenvalue weighted by atomic mass is 16.5. The van der Waals surface area contributed by atoms with Crippen LogP contribution in [0.3, 0.4) is 0 Å². The molecular formula is C13H18N2O4. The Morgan fingerprint density at radius 1 is 1.32 bits per heavy atom. The standard InChI is InChI=1S/C13H18N2O4/c1-19-10-4-2-9(3-5-10)14-13(18)8-15-6-11(16)12(17)7-15/h2-5,11-12,16-17H,6-8H2,1H3,(H,14,18). The summed E-state index contributed by atoms with van der Waals surface area (Å²) in [5, 5.41) is 21.5. The third-order valence-corrected chi connectivity index (χ3v) is 3.08. The number of anilines is 1. The zero-order valence-electron chi connectivity index (χ0n) is 10.7. The number of likely N-dealkylation sites (tertiary alicyclic amines) is 1. The number of rotatable bonds is 4. The lowest BCUT2D eigenvalue weighted by molar-refractivity contribution is -0.117. The van der Waals surface area contributed by atoms with E-state index in [4.69, 9.17) is 4.74 Å². The number of carbonyl (C=O) groups excluding carboxylic acids is 1. The Balaban J connectivity index is 1.84. The highest BCUT2D eigenvalue weighted by Gasteiger charge is 2.30. The molecule has 1 aromatic rings. The number of methoxy groups -OCH3 is 1. The second-order valence-electron chi connectivity index (χ2n) is 4.61. The van der Waals surface area contributed by atoms with E-state index in [1.807, 2.05) is 0 Å². The van der Waals surface area contributed by atoms with Gasteiger partial charge in [-0.2, -0.15) is 0 Å². The fourth-order valence-electron chi connectivity index (χ4n) is 2.05. The summed E-state index contributed by atoms with van der Waals surface area (Å²) in [5.74, 6) is 0.551. The molecule has 3 N–H and O–H groups in total. The van der Waals surface area contributed by atoms with Crippen molar-refractivity contribution >= 4 is 11.6 Å². The minimum atomic E-state index is -0.770. The Morgan fingerprint density at radius 3 is 2.42 bits per heavy atom. The van der Waals surface area contributed by atoms with E-state index >= 15 is 0 Å². The molecule has 104 valence electrons. The molecule has 2 rings (SSSR count). The maximum absolute atomic E-state index is 11.8. The fourth-order valence-corrected chi connectivity index (χ4v) is 2.05. The second-order valence-corrected chi connectivity index (χ2v) is 4.61. The first kappa shape index (κ1) is 13.8. The van der Waals surface area contributed by atoms with Crippen LogP contribution in [-0.4, -0.2) is 60.0 Å². The second kappa shape index (κ2) is 6.01. The molecule has 1 heterocycles. The summed E-state index contributed by atoms with van der Waals surface area (Å²) in [6.45, 7) is 0.786. The summed E-state index contributed by atoms with van der Waals surface area (Å²) >= 11 is 0. The third-order valence-electron chi connectivity index (χ3n) is 3.08. The molecule has 19 heavy (non-hydrogen) atoms. The monoisotopic (exact) mass is 266 g/mol. The molecule has 1 fully saturated rings. The lowest BCUT2D eigenvalue weighted by atomic mass is 10.3. The maximum atomic E-state index is 11.8. The van der Waals surface area contributed by atoms with Crippen molar-refractivity contribution in [3.8, 4) is 5.75 Å². The zero-order valence-corrected chi connectivity index (χ0v) is 10.7. The van der Waals surface area contributed by atoms with Gasteiger partial charge in [-0.05, 0) is 24.3 Å². The normalized spacial score (nSPS) is 23.3. The predicted molar refractivity (Wildman–Crippen MR) is 70.1 cm³/mol. The minimum Gasteiger partial charge on any atom is -0.497 e. The van der Waals surface area contributed by atoms with Crippen molar-refractivity contribution in [3.05, 3.63) is 24.3 Å². The van der Waals surface area contributed by atoms with Crippen LogP contribution in [0.25, 0.3) is 0 Å². The van der Waals surface area contributed by atoms with Gasteiger partial charge in [0.25, 0.3) is 0 Å². The molecule has 0 spiro atoms. The van der Waals surface area contributed by atoms with Crippen molar-refractivity contribution in [2.24, 2.45) is 0 Å². The maximum Gasteiger partial charge on any atom is 0.238 e. The zero-order chi connectivity index (χ0) is 13.8. The summed E-state index contributed by atoms with van der Waals surface area (Å²) in [4.78, 5) is 13.5. The number of β-amino-alcohol motifs (C(OH)–C–C–N with tert-alkyl or cyclic N) is 2. The number of carbonyl (C=O) groups is 1. The molecular weight excluding hydrogens is 248 g/mol. The SMILES string of the molecule is COc1ccc(NC(=O)CN2CC(O)C(O)C2)cc1. The van der Waals surface area contributed by atoms with Crippen LogP contribution < -0.4 is 10.1 Å². The molecule has 0 aliphatic carbocycles. The molecule has 1 aliphatic heterocycles. The van der Waals surface area contributed by atoms with Crippen LogP contribution in [0, 0.1) is 0 Å². The van der Waals surface area contributed by atoms with E-state index in [2.05, 4.69) is 5.32 Å². The average molecular weight is 266 g/mol. The van der Waals surface area contributed by atoms with Crippen molar-refractivity contribution in [2.45, 2.75) is 12.2 Å². The molecule has 0 radical (unpaired) electrons. The topological polar surface area (TPSA) is 82.0 Å². The minimum absolute atomic E-state index is 0.153. The lowest BCUT2D eigenvalue weighted by Crippen LogP contribution is -2.32. The first-order valence-electron chi connectivity index (χ1n) is 6.11. The van der Waals surface area contributed by atoms with Crippen molar-refractivity contribution in [1.82, 2.24) is 4.90 Å². The van der Waals surface area contributed by atoms with E-state index in [0.29, 0.717) is 18.8 Å². The van der Waals surface area contributed by atoms with Crippen molar-refractivity contribution in [3.63, 3.8) is 0 Å². The molecule has 6 heteroatoms. The van der Waals surface area contributed by atoms with Gasteiger partial charge in [0.2, 0.25) is 5.91 Å². The summed E-state index contributed by atoms with van der Waals surface area (Å²) in [7, 11) is 1.58. The highest BCUT2D eigenvalue weighted by molar-refractivity contribution is 5.92. The predicted octanol–water partition coefficient (Wildman–Crippen LogP) is -0.329. The van der Waals surface area contributed by atoms with Crippen LogP contribution in [0.2, 0.25) is 0 Å². The number of nitrogens with zero attached hydrogens (tertiary/aromatic N) is 1. The van der Waals surface area contributed by atoms with Gasteiger partial charge in [0.05, 0.1) is 25.9 Å². The van der Waals surface area contributed by atoms with Gasteiger partial charge in [0, 0.05) is 18.8 Å². The Hall–Kier alpha value is -1.63. The molecule has 0 saturated carbocycles. The Labute approximate surface area is 111 Å². The first-order chi connectivity index (χ1) is 9.08. The summed E-state index contributed by atoms with van der Waals surface area (Å²) in [5.41, 5.74) is 0.686. The molecule has 0 aromatic heterocycles. The van der Waals surface area contributed by atoms with Crippen molar-refractivity contribution in [2.75, 3.05) is 32.1 Å². The number of benzene rings is 1. The number of aliphatic hydroxyl groups excluding tert-OH is 2. The third kappa shape index (κ3) is 3.66. The van der Waals surface area contributed by atoms with Crippen LogP contribution in [0.4, 0.5) is 5.69 Å². The Bertz CT molecular complexity index is 425. The van der Waals surface area contributed by atoms with Gasteiger partial charge < -0.3 is 20.3 Å². The van der Waals surface area contributed by atoms with Gasteiger partial charge >= 0.3 is 0 Å². The first-order valence-corrected chi connectivity index (χ1v) is 6.11. The van der Waals surface area contributed by atoms with Crippen LogP contribution in [0.1, 0.15) is 0 Å². The number of amides is 1. The summed E-state index contributed by atoms with van der Waals surface area (Å²) < 4.78 is 5.03. The number of hydrogen-bond donors (Lipinski definition) is 3. The molecule has 2 atom stereocenters. The van der Waals surface area contributed by atoms with Gasteiger partial charge in [-0.25, -0.2) is 0 Å².